The third-order valence-electron chi connectivity index (χ3n) is 2.11. The summed E-state index contributed by atoms with van der Waals surface area (Å²) in [7, 11) is 0. The molecule has 2 N–H and O–H groups in total. The number of hydrogen-bond acceptors (Lipinski definition) is 4. The lowest BCUT2D eigenvalue weighted by atomic mass is 10.2. The van der Waals surface area contributed by atoms with E-state index >= 15 is 0 Å². The van der Waals surface area contributed by atoms with E-state index in [1.165, 1.54) is 0 Å². The topological polar surface area (TPSA) is 87.7 Å². The van der Waals surface area contributed by atoms with Crippen LogP contribution in [0.2, 0.25) is 0 Å². The van der Waals surface area contributed by atoms with Gasteiger partial charge in [0, 0.05) is 0 Å². The van der Waals surface area contributed by atoms with E-state index in [4.69, 9.17) is 4.74 Å². The monoisotopic (exact) mass is 297 g/mol. The molecule has 0 radical (unpaired) electrons. The van der Waals surface area contributed by atoms with Crippen molar-refractivity contribution in [3.63, 3.8) is 0 Å². The van der Waals surface area contributed by atoms with Gasteiger partial charge in [-0.2, -0.15) is 13.2 Å². The summed E-state index contributed by atoms with van der Waals surface area (Å²) in [5.74, 6) is -3.13. The van der Waals surface area contributed by atoms with Crippen LogP contribution in [0, 0.1) is 0 Å². The van der Waals surface area contributed by atoms with Crippen LogP contribution in [0.4, 0.5) is 18.0 Å². The molecule has 1 atom stereocenters. The lowest BCUT2D eigenvalue weighted by Crippen LogP contribution is -2.46. The fourth-order valence-electron chi connectivity index (χ4n) is 1.37. The SMILES string of the molecule is CC(C)(C)OC(=O)N[C@H]1CN(C(=O)C(F)(F)F)NC1=O. The van der Waals surface area contributed by atoms with Gasteiger partial charge in [-0.05, 0) is 20.8 Å². The Morgan fingerprint density at radius 2 is 1.90 bits per heavy atom. The highest BCUT2D eigenvalue weighted by atomic mass is 19.4. The normalized spacial score (nSPS) is 19.6. The second kappa shape index (κ2) is 5.17. The molecule has 0 aromatic heterocycles. The van der Waals surface area contributed by atoms with Crippen molar-refractivity contribution in [2.75, 3.05) is 6.54 Å². The molecule has 0 aromatic carbocycles. The molecule has 0 spiro atoms. The number of ether oxygens (including phenoxy) is 1. The number of hydrogen-bond donors (Lipinski definition) is 2. The van der Waals surface area contributed by atoms with Crippen molar-refractivity contribution in [2.24, 2.45) is 0 Å². The Balaban J connectivity index is 2.61. The molecular weight excluding hydrogens is 283 g/mol. The van der Waals surface area contributed by atoms with Crippen LogP contribution in [0.5, 0.6) is 0 Å². The van der Waals surface area contributed by atoms with Gasteiger partial charge in [0.05, 0.1) is 6.54 Å². The zero-order valence-corrected chi connectivity index (χ0v) is 11.0. The fourth-order valence-corrected chi connectivity index (χ4v) is 1.37. The number of amides is 3. The maximum absolute atomic E-state index is 12.2. The van der Waals surface area contributed by atoms with Gasteiger partial charge in [-0.15, -0.1) is 0 Å². The second-order valence-corrected chi connectivity index (χ2v) is 5.09. The third kappa shape index (κ3) is 4.28. The minimum absolute atomic E-state index is 0.102. The van der Waals surface area contributed by atoms with Gasteiger partial charge >= 0.3 is 18.2 Å². The van der Waals surface area contributed by atoms with Crippen LogP contribution in [0.1, 0.15) is 20.8 Å². The van der Waals surface area contributed by atoms with Crippen molar-refractivity contribution in [1.82, 2.24) is 15.8 Å². The second-order valence-electron chi connectivity index (χ2n) is 5.09. The number of nitrogens with zero attached hydrogens (tertiary/aromatic N) is 1. The largest absolute Gasteiger partial charge is 0.473 e. The summed E-state index contributed by atoms with van der Waals surface area (Å²) in [6, 6.07) is -1.30. The van der Waals surface area contributed by atoms with Crippen molar-refractivity contribution in [2.45, 2.75) is 38.6 Å². The van der Waals surface area contributed by atoms with E-state index in [-0.39, 0.29) is 5.01 Å². The number of hydrazine groups is 1. The maximum Gasteiger partial charge on any atom is 0.473 e. The average Bonchev–Trinajstić information content (AvgIpc) is 2.54. The first-order valence-electron chi connectivity index (χ1n) is 5.59. The Morgan fingerprint density at radius 3 is 2.35 bits per heavy atom. The van der Waals surface area contributed by atoms with Crippen LogP contribution in [0.25, 0.3) is 0 Å². The van der Waals surface area contributed by atoms with Crippen molar-refractivity contribution in [3.8, 4) is 0 Å². The molecule has 1 rings (SSSR count). The summed E-state index contributed by atoms with van der Waals surface area (Å²) in [6.45, 7) is 4.12. The van der Waals surface area contributed by atoms with E-state index in [9.17, 15) is 27.6 Å². The van der Waals surface area contributed by atoms with Gasteiger partial charge in [-0.25, -0.2) is 9.80 Å². The van der Waals surface area contributed by atoms with Gasteiger partial charge in [0.2, 0.25) is 0 Å². The van der Waals surface area contributed by atoms with Crippen molar-refractivity contribution < 1.29 is 32.3 Å². The Bertz CT molecular complexity index is 430. The van der Waals surface area contributed by atoms with E-state index < -0.39 is 42.3 Å². The summed E-state index contributed by atoms with van der Waals surface area (Å²) >= 11 is 0. The molecule has 1 fully saturated rings. The highest BCUT2D eigenvalue weighted by Crippen LogP contribution is 2.19. The maximum atomic E-state index is 12.2. The molecule has 0 bridgehead atoms. The van der Waals surface area contributed by atoms with E-state index in [2.05, 4.69) is 5.32 Å². The van der Waals surface area contributed by atoms with Crippen molar-refractivity contribution in [1.29, 1.82) is 0 Å². The number of carbonyl (C=O) groups excluding carboxylic acids is 3. The third-order valence-corrected chi connectivity index (χ3v) is 2.11. The van der Waals surface area contributed by atoms with Crippen LogP contribution >= 0.6 is 0 Å². The van der Waals surface area contributed by atoms with Gasteiger partial charge in [0.1, 0.15) is 11.6 Å². The Labute approximate surface area is 112 Å². The first-order valence-corrected chi connectivity index (χ1v) is 5.59. The predicted octanol–water partition coefficient (Wildman–Crippen LogP) is 0.315. The van der Waals surface area contributed by atoms with E-state index in [1.807, 2.05) is 0 Å². The summed E-state index contributed by atoms with van der Waals surface area (Å²) in [5, 5.41) is 2.19. The summed E-state index contributed by atoms with van der Waals surface area (Å²) in [5.41, 5.74) is 0.914. The van der Waals surface area contributed by atoms with Crippen LogP contribution in [0.15, 0.2) is 0 Å². The zero-order chi connectivity index (χ0) is 15.7. The minimum Gasteiger partial charge on any atom is -0.444 e. The predicted molar refractivity (Wildman–Crippen MR) is 59.1 cm³/mol. The number of alkyl carbamates (subject to hydrolysis) is 1. The van der Waals surface area contributed by atoms with Crippen LogP contribution in [0.3, 0.4) is 0 Å². The van der Waals surface area contributed by atoms with Gasteiger partial charge in [0.15, 0.2) is 0 Å². The minimum atomic E-state index is -5.10. The smallest absolute Gasteiger partial charge is 0.444 e. The average molecular weight is 297 g/mol. The highest BCUT2D eigenvalue weighted by molar-refractivity contribution is 5.92. The zero-order valence-electron chi connectivity index (χ0n) is 11.0. The standard InChI is InChI=1S/C10H14F3N3O4/c1-9(2,3)20-8(19)14-5-4-16(15-6(5)17)7(18)10(11,12)13/h5H,4H2,1-3H3,(H,14,19)(H,15,17)/t5-/m0/s1. The number of carbonyl (C=O) groups is 3. The first kappa shape index (κ1) is 16.1. The Kier molecular flexibility index (Phi) is 4.15. The Morgan fingerprint density at radius 1 is 1.35 bits per heavy atom. The molecule has 10 heteroatoms. The van der Waals surface area contributed by atoms with E-state index in [1.54, 1.807) is 26.2 Å². The molecule has 114 valence electrons. The molecule has 1 aliphatic heterocycles. The molecule has 0 aliphatic carbocycles. The van der Waals surface area contributed by atoms with Gasteiger partial charge in [0.25, 0.3) is 5.91 Å². The lowest BCUT2D eigenvalue weighted by Gasteiger charge is -2.21. The molecular formula is C10H14F3N3O4. The first-order chi connectivity index (χ1) is 8.90. The van der Waals surface area contributed by atoms with Crippen molar-refractivity contribution >= 4 is 17.9 Å². The molecule has 1 heterocycles. The number of nitrogens with one attached hydrogen (secondary N) is 2. The number of alkyl halides is 3. The molecule has 7 nitrogen and oxygen atoms in total. The van der Waals surface area contributed by atoms with Crippen LogP contribution in [-0.2, 0) is 14.3 Å². The lowest BCUT2D eigenvalue weighted by molar-refractivity contribution is -0.187. The molecule has 1 saturated heterocycles. The quantitative estimate of drug-likeness (QED) is 0.729. The summed E-state index contributed by atoms with van der Waals surface area (Å²) < 4.78 is 41.4. The van der Waals surface area contributed by atoms with E-state index in [0.29, 0.717) is 0 Å². The van der Waals surface area contributed by atoms with Gasteiger partial charge in [-0.1, -0.05) is 0 Å². The molecule has 0 unspecified atom stereocenters. The number of halogens is 3. The van der Waals surface area contributed by atoms with Crippen LogP contribution < -0.4 is 10.7 Å². The molecule has 3 amide bonds. The van der Waals surface area contributed by atoms with Crippen LogP contribution in [-0.4, -0.2) is 47.3 Å². The Hall–Kier alpha value is -2.00. The molecule has 20 heavy (non-hydrogen) atoms. The highest BCUT2D eigenvalue weighted by Gasteiger charge is 2.47. The van der Waals surface area contributed by atoms with E-state index in [0.717, 1.165) is 0 Å². The molecule has 0 saturated carbocycles. The molecule has 0 aromatic rings. The fraction of sp³-hybridized carbons (Fsp3) is 0.700. The number of rotatable bonds is 1. The summed E-state index contributed by atoms with van der Waals surface area (Å²) in [4.78, 5) is 33.7. The molecule has 1 aliphatic rings. The van der Waals surface area contributed by atoms with Crippen molar-refractivity contribution in [3.05, 3.63) is 0 Å². The van der Waals surface area contributed by atoms with Gasteiger partial charge < -0.3 is 10.1 Å². The van der Waals surface area contributed by atoms with Gasteiger partial charge in [-0.3, -0.25) is 15.0 Å². The summed E-state index contributed by atoms with van der Waals surface area (Å²) in [6.07, 6.45) is -6.06.